The van der Waals surface area contributed by atoms with Crippen LogP contribution in [0.4, 0.5) is 28.4 Å². The zero-order valence-electron chi connectivity index (χ0n) is 36.7. The van der Waals surface area contributed by atoms with Gasteiger partial charge in [0.05, 0.1) is 53.5 Å². The van der Waals surface area contributed by atoms with Gasteiger partial charge in [-0.25, -0.2) is 13.1 Å². The molecule has 4 aliphatic heterocycles. The number of nitrogens with one attached hydrogen (secondary N) is 3. The number of nitrogens with zero attached hydrogens (tertiary/aromatic N) is 5. The number of amides is 1. The number of nitro groups is 1. The molecule has 2 saturated heterocycles. The van der Waals surface area contributed by atoms with E-state index in [0.717, 1.165) is 74.1 Å². The molecule has 2 aromatic heterocycles. The first-order valence-corrected chi connectivity index (χ1v) is 24.1. The van der Waals surface area contributed by atoms with Gasteiger partial charge in [-0.3, -0.25) is 19.8 Å². The third-order valence-corrected chi connectivity index (χ3v) is 14.8. The molecule has 5 aliphatic rings. The predicted octanol–water partition coefficient (Wildman–Crippen LogP) is 7.15. The van der Waals surface area contributed by atoms with Gasteiger partial charge in [-0.2, -0.15) is 4.98 Å². The number of carbonyl (C=O) groups excluding carboxylic acids is 1. The number of H-pyrrole nitrogens is 1. The zero-order chi connectivity index (χ0) is 45.7. The van der Waals surface area contributed by atoms with Gasteiger partial charge in [-0.15, -0.1) is 0 Å². The van der Waals surface area contributed by atoms with Crippen LogP contribution in [-0.2, 0) is 19.5 Å². The van der Waals surface area contributed by atoms with Gasteiger partial charge >= 0.3 is 0 Å². The summed E-state index contributed by atoms with van der Waals surface area (Å²) in [5.74, 6) is -0.586. The molecule has 10 rings (SSSR count). The summed E-state index contributed by atoms with van der Waals surface area (Å²) in [4.78, 5) is 40.1. The van der Waals surface area contributed by atoms with Gasteiger partial charge in [0.2, 0.25) is 5.88 Å². The van der Waals surface area contributed by atoms with Crippen molar-refractivity contribution in [2.24, 2.45) is 5.41 Å². The number of carbonyl (C=O) groups is 1. The van der Waals surface area contributed by atoms with E-state index in [1.807, 2.05) is 41.3 Å². The van der Waals surface area contributed by atoms with Crippen molar-refractivity contribution < 1.29 is 37.1 Å². The minimum absolute atomic E-state index is 0.0170. The summed E-state index contributed by atoms with van der Waals surface area (Å²) in [6.45, 7) is 10.4. The molecule has 0 spiro atoms. The molecule has 0 unspecified atom stereocenters. The van der Waals surface area contributed by atoms with Crippen molar-refractivity contribution in [3.63, 3.8) is 0 Å². The fourth-order valence-corrected chi connectivity index (χ4v) is 10.7. The van der Waals surface area contributed by atoms with E-state index in [4.69, 9.17) is 35.5 Å². The van der Waals surface area contributed by atoms with Crippen molar-refractivity contribution in [1.29, 1.82) is 0 Å². The third-order valence-electron chi connectivity index (χ3n) is 13.2. The number of nitro benzene ring substituents is 1. The SMILES string of the molecule is CC1(C)CCC(CN2CCN(c3ccc(C(=O)NS(=O)(=O)c4cc5c(c([N+](=O)[O-])c4)N[C@H]([C@@H]4COCCO4)CO5)c(N4CCOc5nc6[nH]ccc6cc54)c3)CC2)=C(c2ccc(Cl)cc2)C1. The number of hydrogen-bond acceptors (Lipinski definition) is 14. The normalized spacial score (nSPS) is 21.0. The van der Waals surface area contributed by atoms with E-state index in [-0.39, 0.29) is 42.2 Å². The Morgan fingerprint density at radius 2 is 1.79 bits per heavy atom. The van der Waals surface area contributed by atoms with Crippen LogP contribution < -0.4 is 29.3 Å². The zero-order valence-corrected chi connectivity index (χ0v) is 38.3. The lowest BCUT2D eigenvalue weighted by atomic mass is 9.72. The molecule has 1 aliphatic carbocycles. The number of pyridine rings is 1. The standard InChI is InChI=1S/C47H51ClN8O9S/c1-47(2)11-9-31(36(25-47)29-3-5-32(48)6-4-29)26-53-13-15-54(16-14-53)33-7-8-35(38(22-33)55-17-18-64-46-40(55)21-30-10-12-49-44(30)51-46)45(57)52-66(60,61)34-23-39(56(58)59)43-41(24-34)65-27-37(50-43)42-28-62-19-20-63-42/h3-8,10,12,21-24,37,42,50H,9,11,13-20,25-28H2,1-2H3,(H,49,51)(H,52,57)/t37-,42-/m0/s1. The number of hydrogen-bond donors (Lipinski definition) is 3. The summed E-state index contributed by atoms with van der Waals surface area (Å²) in [7, 11) is -4.68. The first kappa shape index (κ1) is 43.9. The van der Waals surface area contributed by atoms with E-state index >= 15 is 0 Å². The van der Waals surface area contributed by atoms with Gasteiger partial charge in [0.25, 0.3) is 21.6 Å². The quantitative estimate of drug-likeness (QED) is 0.0944. The average molecular weight is 939 g/mol. The number of fused-ring (bicyclic) bond motifs is 3. The predicted molar refractivity (Wildman–Crippen MR) is 251 cm³/mol. The Hall–Kier alpha value is -5.92. The molecule has 0 radical (unpaired) electrons. The number of piperazine rings is 1. The molecule has 2 fully saturated rings. The Labute approximate surface area is 387 Å². The van der Waals surface area contributed by atoms with Crippen LogP contribution in [-0.4, -0.2) is 119 Å². The topological polar surface area (TPSA) is 194 Å². The van der Waals surface area contributed by atoms with Gasteiger partial charge in [0, 0.05) is 67.1 Å². The minimum atomic E-state index is -4.68. The fourth-order valence-electron chi connectivity index (χ4n) is 9.60. The number of aromatic nitrogens is 2. The number of halogens is 1. The van der Waals surface area contributed by atoms with E-state index in [1.165, 1.54) is 22.8 Å². The minimum Gasteiger partial charge on any atom is -0.489 e. The molecule has 5 aromatic rings. The molecule has 66 heavy (non-hydrogen) atoms. The first-order chi connectivity index (χ1) is 31.8. The highest BCUT2D eigenvalue weighted by molar-refractivity contribution is 7.90. The Kier molecular flexibility index (Phi) is 11.8. The van der Waals surface area contributed by atoms with Crippen LogP contribution in [0.1, 0.15) is 49.0 Å². The second kappa shape index (κ2) is 17.7. The van der Waals surface area contributed by atoms with Crippen LogP contribution in [0.25, 0.3) is 16.6 Å². The van der Waals surface area contributed by atoms with Gasteiger partial charge in [-0.1, -0.05) is 43.2 Å². The Morgan fingerprint density at radius 3 is 2.56 bits per heavy atom. The molecule has 17 nitrogen and oxygen atoms in total. The summed E-state index contributed by atoms with van der Waals surface area (Å²) < 4.78 is 53.6. The van der Waals surface area contributed by atoms with Crippen molar-refractivity contribution >= 4 is 72.6 Å². The second-order valence-corrected chi connectivity index (χ2v) is 20.3. The summed E-state index contributed by atoms with van der Waals surface area (Å²) in [5, 5.41) is 17.0. The van der Waals surface area contributed by atoms with Crippen LogP contribution in [0, 0.1) is 15.5 Å². The number of rotatable bonds is 10. The second-order valence-electron chi connectivity index (χ2n) is 18.2. The lowest BCUT2D eigenvalue weighted by Gasteiger charge is -2.39. The molecule has 2 atom stereocenters. The van der Waals surface area contributed by atoms with E-state index < -0.39 is 43.6 Å². The maximum absolute atomic E-state index is 14.4. The van der Waals surface area contributed by atoms with E-state index in [2.05, 4.69) is 50.8 Å². The number of ether oxygens (including phenoxy) is 4. The third kappa shape index (κ3) is 8.87. The van der Waals surface area contributed by atoms with Gasteiger partial charge in [0.1, 0.15) is 30.7 Å². The molecule has 0 bridgehead atoms. The van der Waals surface area contributed by atoms with Crippen molar-refractivity contribution in [2.45, 2.75) is 50.2 Å². The Balaban J connectivity index is 0.926. The molecule has 19 heteroatoms. The van der Waals surface area contributed by atoms with Gasteiger partial charge in [0.15, 0.2) is 11.4 Å². The van der Waals surface area contributed by atoms with Crippen LogP contribution in [0.3, 0.4) is 0 Å². The van der Waals surface area contributed by atoms with E-state index in [1.54, 1.807) is 12.3 Å². The Bertz CT molecular complexity index is 2840. The molecule has 3 aromatic carbocycles. The molecular weight excluding hydrogens is 888 g/mol. The molecule has 346 valence electrons. The highest BCUT2D eigenvalue weighted by Crippen LogP contribution is 2.45. The largest absolute Gasteiger partial charge is 0.489 e. The van der Waals surface area contributed by atoms with Gasteiger partial charge < -0.3 is 39.0 Å². The van der Waals surface area contributed by atoms with Gasteiger partial charge in [-0.05, 0) is 78.3 Å². The molecule has 1 amide bonds. The van der Waals surface area contributed by atoms with Crippen molar-refractivity contribution in [2.75, 3.05) is 87.4 Å². The fraction of sp³-hybridized carbons (Fsp3) is 0.404. The van der Waals surface area contributed by atoms with Crippen molar-refractivity contribution in [3.05, 3.63) is 105 Å². The number of sulfonamides is 1. The number of benzene rings is 3. The molecule has 3 N–H and O–H groups in total. The van der Waals surface area contributed by atoms with E-state index in [0.29, 0.717) is 42.7 Å². The summed E-state index contributed by atoms with van der Waals surface area (Å²) >= 11 is 6.27. The summed E-state index contributed by atoms with van der Waals surface area (Å²) in [6, 6.07) is 19.0. The monoisotopic (exact) mass is 938 g/mol. The van der Waals surface area contributed by atoms with Crippen LogP contribution in [0.15, 0.2) is 83.4 Å². The highest BCUT2D eigenvalue weighted by atomic mass is 35.5. The lowest BCUT2D eigenvalue weighted by molar-refractivity contribution is -0.384. The smallest absolute Gasteiger partial charge is 0.297 e. The maximum Gasteiger partial charge on any atom is 0.297 e. The van der Waals surface area contributed by atoms with Crippen molar-refractivity contribution in [3.8, 4) is 11.6 Å². The number of allylic oxidation sites excluding steroid dienone is 1. The first-order valence-electron chi connectivity index (χ1n) is 22.2. The maximum atomic E-state index is 14.4. The Morgan fingerprint density at radius 1 is 0.970 bits per heavy atom. The van der Waals surface area contributed by atoms with E-state index in [9.17, 15) is 23.3 Å². The molecular formula is C47H51ClN8O9S. The average Bonchev–Trinajstić information content (AvgIpc) is 3.78. The summed E-state index contributed by atoms with van der Waals surface area (Å²) in [6.07, 6.45) is 4.54. The molecule has 0 saturated carbocycles. The molecule has 6 heterocycles. The van der Waals surface area contributed by atoms with Crippen molar-refractivity contribution in [1.82, 2.24) is 19.6 Å². The highest BCUT2D eigenvalue weighted by Gasteiger charge is 2.37. The van der Waals surface area contributed by atoms with Crippen LogP contribution in [0.5, 0.6) is 11.6 Å². The number of aromatic amines is 1. The lowest BCUT2D eigenvalue weighted by Crippen LogP contribution is -2.47. The number of anilines is 4. The summed E-state index contributed by atoms with van der Waals surface area (Å²) in [5.41, 5.74) is 6.47. The van der Waals surface area contributed by atoms with Crippen LogP contribution >= 0.6 is 11.6 Å². The van der Waals surface area contributed by atoms with Crippen LogP contribution in [0.2, 0.25) is 5.02 Å².